The quantitative estimate of drug-likeness (QED) is 0.875. The SMILES string of the molecule is O=C1[C@H]2CCC[NH+]2[C@@H](c2cccnc2)N1c1ccccn1. The third-order valence-corrected chi connectivity index (χ3v) is 4.45. The summed E-state index contributed by atoms with van der Waals surface area (Å²) in [5, 5.41) is 0. The zero-order chi connectivity index (χ0) is 14.2. The van der Waals surface area contributed by atoms with Crippen molar-refractivity contribution in [3.63, 3.8) is 0 Å². The number of anilines is 1. The van der Waals surface area contributed by atoms with E-state index in [0.717, 1.165) is 30.8 Å². The van der Waals surface area contributed by atoms with Gasteiger partial charge in [0.15, 0.2) is 12.2 Å². The Morgan fingerprint density at radius 3 is 2.90 bits per heavy atom. The van der Waals surface area contributed by atoms with Crippen LogP contribution in [0.15, 0.2) is 48.9 Å². The Bertz CT molecular complexity index is 646. The predicted octanol–water partition coefficient (Wildman–Crippen LogP) is 0.569. The number of carbonyl (C=O) groups excluding carboxylic acids is 1. The van der Waals surface area contributed by atoms with E-state index in [9.17, 15) is 4.79 Å². The molecule has 0 radical (unpaired) electrons. The molecule has 1 unspecified atom stereocenters. The molecule has 2 aliphatic heterocycles. The maximum absolute atomic E-state index is 12.8. The van der Waals surface area contributed by atoms with E-state index in [0.29, 0.717) is 0 Å². The molecule has 0 spiro atoms. The number of rotatable bonds is 2. The normalized spacial score (nSPS) is 27.9. The maximum Gasteiger partial charge on any atom is 0.291 e. The van der Waals surface area contributed by atoms with Crippen molar-refractivity contribution in [2.45, 2.75) is 25.0 Å². The van der Waals surface area contributed by atoms with Gasteiger partial charge in [0, 0.05) is 31.4 Å². The highest BCUT2D eigenvalue weighted by Crippen LogP contribution is 2.28. The summed E-state index contributed by atoms with van der Waals surface area (Å²) in [5.41, 5.74) is 1.08. The Kier molecular flexibility index (Phi) is 2.93. The number of aromatic nitrogens is 2. The lowest BCUT2D eigenvalue weighted by atomic mass is 10.2. The lowest BCUT2D eigenvalue weighted by Crippen LogP contribution is -3.12. The van der Waals surface area contributed by atoms with E-state index in [1.807, 2.05) is 35.4 Å². The molecule has 4 rings (SSSR count). The Morgan fingerprint density at radius 2 is 2.14 bits per heavy atom. The summed E-state index contributed by atoms with van der Waals surface area (Å²) >= 11 is 0. The van der Waals surface area contributed by atoms with Crippen LogP contribution in [0, 0.1) is 0 Å². The Balaban J connectivity index is 1.81. The molecule has 0 aromatic carbocycles. The predicted molar refractivity (Wildman–Crippen MR) is 77.6 cm³/mol. The fourth-order valence-corrected chi connectivity index (χ4v) is 3.58. The summed E-state index contributed by atoms with van der Waals surface area (Å²) in [6.45, 7) is 1.03. The largest absolute Gasteiger partial charge is 0.301 e. The van der Waals surface area contributed by atoms with Crippen molar-refractivity contribution in [2.75, 3.05) is 11.4 Å². The third kappa shape index (κ3) is 1.93. The van der Waals surface area contributed by atoms with Crippen molar-refractivity contribution in [1.82, 2.24) is 9.97 Å². The number of quaternary nitrogens is 1. The maximum atomic E-state index is 12.8. The first kappa shape index (κ1) is 12.5. The van der Waals surface area contributed by atoms with Crippen LogP contribution in [-0.4, -0.2) is 28.5 Å². The number of hydrogen-bond donors (Lipinski definition) is 1. The van der Waals surface area contributed by atoms with Gasteiger partial charge < -0.3 is 4.90 Å². The summed E-state index contributed by atoms with van der Waals surface area (Å²) in [4.78, 5) is 24.6. The fourth-order valence-electron chi connectivity index (χ4n) is 3.58. The topological polar surface area (TPSA) is 50.5 Å². The summed E-state index contributed by atoms with van der Waals surface area (Å²) in [6, 6.07) is 9.75. The molecule has 5 heteroatoms. The van der Waals surface area contributed by atoms with Crippen molar-refractivity contribution in [3.05, 3.63) is 54.5 Å². The van der Waals surface area contributed by atoms with Crippen LogP contribution in [0.25, 0.3) is 0 Å². The van der Waals surface area contributed by atoms with E-state index in [1.165, 1.54) is 4.90 Å². The fraction of sp³-hybridized carbons (Fsp3) is 0.312. The molecule has 3 atom stereocenters. The number of amides is 1. The summed E-state index contributed by atoms with van der Waals surface area (Å²) in [5.74, 6) is 0.924. The van der Waals surface area contributed by atoms with Crippen LogP contribution in [0.5, 0.6) is 0 Å². The molecule has 4 heterocycles. The molecule has 2 aromatic heterocycles. The average Bonchev–Trinajstić information content (AvgIpc) is 3.11. The second-order valence-electron chi connectivity index (χ2n) is 5.60. The van der Waals surface area contributed by atoms with Gasteiger partial charge in [-0.15, -0.1) is 0 Å². The summed E-state index contributed by atoms with van der Waals surface area (Å²) < 4.78 is 0. The van der Waals surface area contributed by atoms with Gasteiger partial charge >= 0.3 is 0 Å². The second kappa shape index (κ2) is 4.93. The minimum Gasteiger partial charge on any atom is -0.301 e. The molecule has 1 amide bonds. The molecule has 21 heavy (non-hydrogen) atoms. The molecule has 0 saturated carbocycles. The van der Waals surface area contributed by atoms with Crippen molar-refractivity contribution >= 4 is 11.7 Å². The second-order valence-corrected chi connectivity index (χ2v) is 5.60. The minimum absolute atomic E-state index is 0.00593. The van der Waals surface area contributed by atoms with Crippen LogP contribution in [0.2, 0.25) is 0 Å². The smallest absolute Gasteiger partial charge is 0.291 e. The minimum atomic E-state index is -0.00593. The molecule has 0 aliphatic carbocycles. The van der Waals surface area contributed by atoms with Gasteiger partial charge in [-0.05, 0) is 24.3 Å². The Morgan fingerprint density at radius 1 is 1.19 bits per heavy atom. The molecule has 2 fully saturated rings. The van der Waals surface area contributed by atoms with Gasteiger partial charge in [-0.2, -0.15) is 0 Å². The highest BCUT2D eigenvalue weighted by Gasteiger charge is 2.54. The van der Waals surface area contributed by atoms with Crippen LogP contribution < -0.4 is 9.80 Å². The van der Waals surface area contributed by atoms with Gasteiger partial charge in [0.1, 0.15) is 5.82 Å². The number of hydrogen-bond acceptors (Lipinski definition) is 3. The highest BCUT2D eigenvalue weighted by molar-refractivity contribution is 5.97. The van der Waals surface area contributed by atoms with Crippen LogP contribution in [0.1, 0.15) is 24.6 Å². The van der Waals surface area contributed by atoms with E-state index < -0.39 is 0 Å². The standard InChI is InChI=1S/C16H16N4O/c21-16-13-6-4-10-19(13)15(12-5-3-8-17-11-12)20(16)14-7-1-2-9-18-14/h1-3,5,7-9,11,13,15H,4,6,10H2/p+1/t13-,15-/m1/s1. The first-order valence-electron chi connectivity index (χ1n) is 7.36. The molecule has 106 valence electrons. The molecule has 2 aromatic rings. The van der Waals surface area contributed by atoms with Crippen LogP contribution in [0.3, 0.4) is 0 Å². The summed E-state index contributed by atoms with van der Waals surface area (Å²) in [6.07, 6.45) is 7.44. The van der Waals surface area contributed by atoms with Gasteiger partial charge in [-0.25, -0.2) is 9.88 Å². The van der Waals surface area contributed by atoms with E-state index in [-0.39, 0.29) is 18.1 Å². The number of pyridine rings is 2. The lowest BCUT2D eigenvalue weighted by molar-refractivity contribution is -0.924. The Hall–Kier alpha value is -2.27. The molecule has 0 bridgehead atoms. The van der Waals surface area contributed by atoms with Gasteiger partial charge in [-0.1, -0.05) is 6.07 Å². The number of nitrogens with zero attached hydrogens (tertiary/aromatic N) is 3. The number of carbonyl (C=O) groups is 1. The van der Waals surface area contributed by atoms with Crippen LogP contribution in [0.4, 0.5) is 5.82 Å². The van der Waals surface area contributed by atoms with Crippen molar-refractivity contribution in [3.8, 4) is 0 Å². The van der Waals surface area contributed by atoms with E-state index in [4.69, 9.17) is 0 Å². The van der Waals surface area contributed by atoms with Gasteiger partial charge in [0.25, 0.3) is 5.91 Å². The molecule has 1 N–H and O–H groups in total. The first-order valence-corrected chi connectivity index (χ1v) is 7.36. The summed E-state index contributed by atoms with van der Waals surface area (Å²) in [7, 11) is 0. The van der Waals surface area contributed by atoms with Crippen molar-refractivity contribution in [1.29, 1.82) is 0 Å². The molecule has 2 aliphatic rings. The first-order chi connectivity index (χ1) is 10.4. The van der Waals surface area contributed by atoms with Crippen molar-refractivity contribution < 1.29 is 9.69 Å². The van der Waals surface area contributed by atoms with E-state index >= 15 is 0 Å². The van der Waals surface area contributed by atoms with Gasteiger partial charge in [0.2, 0.25) is 0 Å². The molecule has 2 saturated heterocycles. The lowest BCUT2D eigenvalue weighted by Gasteiger charge is -2.25. The average molecular weight is 281 g/mol. The zero-order valence-corrected chi connectivity index (χ0v) is 11.6. The molecular formula is C16H17N4O+. The highest BCUT2D eigenvalue weighted by atomic mass is 16.2. The van der Waals surface area contributed by atoms with Crippen LogP contribution >= 0.6 is 0 Å². The Labute approximate surface area is 123 Å². The van der Waals surface area contributed by atoms with Gasteiger partial charge in [0.05, 0.1) is 12.1 Å². The monoisotopic (exact) mass is 281 g/mol. The third-order valence-electron chi connectivity index (χ3n) is 4.45. The number of fused-ring (bicyclic) bond motifs is 1. The van der Waals surface area contributed by atoms with E-state index in [1.54, 1.807) is 12.4 Å². The molecule has 5 nitrogen and oxygen atoms in total. The van der Waals surface area contributed by atoms with Crippen LogP contribution in [-0.2, 0) is 4.79 Å². The number of nitrogens with one attached hydrogen (secondary N) is 1. The van der Waals surface area contributed by atoms with Crippen molar-refractivity contribution in [2.24, 2.45) is 0 Å². The molecular weight excluding hydrogens is 264 g/mol. The van der Waals surface area contributed by atoms with E-state index in [2.05, 4.69) is 16.0 Å². The van der Waals surface area contributed by atoms with Gasteiger partial charge in [-0.3, -0.25) is 9.78 Å². The zero-order valence-electron chi connectivity index (χ0n) is 11.6.